The molecule has 0 aliphatic carbocycles. The van der Waals surface area contributed by atoms with E-state index < -0.39 is 41.4 Å². The minimum absolute atomic E-state index is 0.0210. The van der Waals surface area contributed by atoms with Gasteiger partial charge in [-0.05, 0) is 37.3 Å². The van der Waals surface area contributed by atoms with Crippen LogP contribution in [0.1, 0.15) is 22.8 Å². The lowest BCUT2D eigenvalue weighted by molar-refractivity contribution is -0.130. The van der Waals surface area contributed by atoms with Gasteiger partial charge in [0.05, 0.1) is 13.7 Å². The van der Waals surface area contributed by atoms with Crippen LogP contribution >= 0.6 is 11.6 Å². The maximum Gasteiger partial charge on any atom is 0.325 e. The second-order valence-electron chi connectivity index (χ2n) is 6.34. The van der Waals surface area contributed by atoms with Gasteiger partial charge in [0.2, 0.25) is 0 Å². The van der Waals surface area contributed by atoms with Gasteiger partial charge >= 0.3 is 6.03 Å². The molecule has 1 unspecified atom stereocenters. The number of nitrogens with one attached hydrogen (secondary N) is 1. The summed E-state index contributed by atoms with van der Waals surface area (Å²) < 4.78 is 31.9. The fraction of sp³-hybridized carbons (Fsp3) is 0.211. The number of amides is 3. The van der Waals surface area contributed by atoms with Crippen molar-refractivity contribution in [2.75, 3.05) is 13.7 Å². The minimum atomic E-state index is -1.56. The molecular formula is C19H15ClF2N2O4. The van der Waals surface area contributed by atoms with Gasteiger partial charge in [-0.25, -0.2) is 13.6 Å². The number of methoxy groups -OCH3 is 1. The number of imide groups is 1. The van der Waals surface area contributed by atoms with Crippen molar-refractivity contribution >= 4 is 29.3 Å². The summed E-state index contributed by atoms with van der Waals surface area (Å²) in [7, 11) is 1.29. The Kier molecular flexibility index (Phi) is 5.08. The number of carbonyl (C=O) groups is 3. The van der Waals surface area contributed by atoms with E-state index in [1.54, 1.807) is 0 Å². The number of urea groups is 1. The Labute approximate surface area is 164 Å². The molecule has 6 nitrogen and oxygen atoms in total. The fourth-order valence-corrected chi connectivity index (χ4v) is 3.35. The molecule has 28 heavy (non-hydrogen) atoms. The van der Waals surface area contributed by atoms with Gasteiger partial charge in [0, 0.05) is 16.1 Å². The summed E-state index contributed by atoms with van der Waals surface area (Å²) in [6.07, 6.45) is 0. The summed E-state index contributed by atoms with van der Waals surface area (Å²) in [5.74, 6) is -2.74. The molecule has 1 saturated heterocycles. The van der Waals surface area contributed by atoms with Crippen molar-refractivity contribution in [2.24, 2.45) is 0 Å². The molecule has 1 aliphatic heterocycles. The third-order valence-electron chi connectivity index (χ3n) is 4.52. The first-order valence-electron chi connectivity index (χ1n) is 8.13. The average Bonchev–Trinajstić information content (AvgIpc) is 2.85. The quantitative estimate of drug-likeness (QED) is 0.608. The second kappa shape index (κ2) is 7.20. The van der Waals surface area contributed by atoms with Crippen LogP contribution in [0.25, 0.3) is 0 Å². The molecule has 1 N–H and O–H groups in total. The Hall–Kier alpha value is -3.00. The Bertz CT molecular complexity index is 998. The number of ether oxygens (including phenoxy) is 1. The zero-order valence-electron chi connectivity index (χ0n) is 14.9. The maximum atomic E-state index is 13.8. The molecule has 0 aromatic heterocycles. The van der Waals surface area contributed by atoms with Crippen LogP contribution in [0.4, 0.5) is 13.6 Å². The van der Waals surface area contributed by atoms with Crippen LogP contribution in [0, 0.1) is 11.6 Å². The number of benzene rings is 2. The smallest absolute Gasteiger partial charge is 0.325 e. The van der Waals surface area contributed by atoms with Crippen LogP contribution in [0.2, 0.25) is 5.02 Å². The normalized spacial score (nSPS) is 19.0. The summed E-state index contributed by atoms with van der Waals surface area (Å²) in [6, 6.07) is 6.19. The van der Waals surface area contributed by atoms with Crippen LogP contribution in [0.5, 0.6) is 5.75 Å². The van der Waals surface area contributed by atoms with Crippen LogP contribution in [-0.2, 0) is 10.3 Å². The number of carbonyl (C=O) groups excluding carboxylic acids is 3. The van der Waals surface area contributed by atoms with Gasteiger partial charge in [-0.15, -0.1) is 0 Å². The van der Waals surface area contributed by atoms with Crippen LogP contribution in [0.15, 0.2) is 36.4 Å². The summed E-state index contributed by atoms with van der Waals surface area (Å²) >= 11 is 6.03. The molecule has 0 spiro atoms. The highest BCUT2D eigenvalue weighted by Gasteiger charge is 2.50. The van der Waals surface area contributed by atoms with Crippen molar-refractivity contribution in [1.29, 1.82) is 0 Å². The standard InChI is InChI=1S/C19H15ClF2N2O4/c1-19(12-5-4-11(21)8-13(12)20)17(26)24(18(27)23-19)9-15(25)10-3-6-16(28-2)14(22)7-10/h3-8H,9H2,1-2H3,(H,23,27). The van der Waals surface area contributed by atoms with Gasteiger partial charge in [-0.2, -0.15) is 0 Å². The fourth-order valence-electron chi connectivity index (χ4n) is 2.99. The number of Topliss-reactive ketones (excluding diaryl/α,β-unsaturated/α-hetero) is 1. The van der Waals surface area contributed by atoms with E-state index in [9.17, 15) is 23.2 Å². The van der Waals surface area contributed by atoms with Crippen LogP contribution in [0.3, 0.4) is 0 Å². The molecule has 1 heterocycles. The van der Waals surface area contributed by atoms with E-state index in [2.05, 4.69) is 5.32 Å². The highest BCUT2D eigenvalue weighted by Crippen LogP contribution is 2.34. The average molecular weight is 409 g/mol. The Morgan fingerprint density at radius 1 is 1.21 bits per heavy atom. The summed E-state index contributed by atoms with van der Waals surface area (Å²) in [5.41, 5.74) is -1.39. The maximum absolute atomic E-state index is 13.8. The molecule has 1 atom stereocenters. The molecule has 146 valence electrons. The zero-order valence-corrected chi connectivity index (χ0v) is 15.6. The molecule has 0 bridgehead atoms. The molecule has 9 heteroatoms. The van der Waals surface area contributed by atoms with Gasteiger partial charge in [0.15, 0.2) is 17.3 Å². The van der Waals surface area contributed by atoms with E-state index in [-0.39, 0.29) is 21.9 Å². The van der Waals surface area contributed by atoms with E-state index in [1.165, 1.54) is 32.2 Å². The van der Waals surface area contributed by atoms with Gasteiger partial charge in [-0.3, -0.25) is 14.5 Å². The number of hydrogen-bond donors (Lipinski definition) is 1. The van der Waals surface area contributed by atoms with E-state index in [0.717, 1.165) is 18.2 Å². The Balaban J connectivity index is 1.86. The Morgan fingerprint density at radius 2 is 1.93 bits per heavy atom. The third kappa shape index (κ3) is 3.31. The predicted molar refractivity (Wildman–Crippen MR) is 96.3 cm³/mol. The van der Waals surface area contributed by atoms with Crippen molar-refractivity contribution in [3.63, 3.8) is 0 Å². The third-order valence-corrected chi connectivity index (χ3v) is 4.83. The molecule has 3 rings (SSSR count). The largest absolute Gasteiger partial charge is 0.494 e. The second-order valence-corrected chi connectivity index (χ2v) is 6.75. The monoisotopic (exact) mass is 408 g/mol. The van der Waals surface area contributed by atoms with E-state index in [4.69, 9.17) is 16.3 Å². The zero-order chi connectivity index (χ0) is 20.6. The molecule has 2 aromatic carbocycles. The number of rotatable bonds is 5. The van der Waals surface area contributed by atoms with Crippen molar-refractivity contribution in [2.45, 2.75) is 12.5 Å². The van der Waals surface area contributed by atoms with Crippen molar-refractivity contribution in [3.8, 4) is 5.75 Å². The highest BCUT2D eigenvalue weighted by atomic mass is 35.5. The lowest BCUT2D eigenvalue weighted by Crippen LogP contribution is -2.41. The van der Waals surface area contributed by atoms with Gasteiger partial charge in [0.1, 0.15) is 11.4 Å². The molecule has 0 saturated carbocycles. The molecule has 1 aliphatic rings. The lowest BCUT2D eigenvalue weighted by atomic mass is 9.92. The Morgan fingerprint density at radius 3 is 2.54 bits per heavy atom. The first-order chi connectivity index (χ1) is 13.2. The van der Waals surface area contributed by atoms with Crippen molar-refractivity contribution < 1.29 is 27.9 Å². The van der Waals surface area contributed by atoms with E-state index in [0.29, 0.717) is 4.90 Å². The van der Waals surface area contributed by atoms with Gasteiger partial charge < -0.3 is 10.1 Å². The summed E-state index contributed by atoms with van der Waals surface area (Å²) in [4.78, 5) is 38.3. The van der Waals surface area contributed by atoms with Crippen LogP contribution < -0.4 is 10.1 Å². The van der Waals surface area contributed by atoms with Crippen molar-refractivity contribution in [3.05, 3.63) is 64.2 Å². The summed E-state index contributed by atoms with van der Waals surface area (Å²) in [6.45, 7) is 0.814. The predicted octanol–water partition coefficient (Wildman–Crippen LogP) is 3.28. The lowest BCUT2D eigenvalue weighted by Gasteiger charge is -2.23. The first kappa shape index (κ1) is 19.8. The number of nitrogens with zero attached hydrogens (tertiary/aromatic N) is 1. The van der Waals surface area contributed by atoms with Crippen molar-refractivity contribution in [1.82, 2.24) is 10.2 Å². The van der Waals surface area contributed by atoms with E-state index >= 15 is 0 Å². The highest BCUT2D eigenvalue weighted by molar-refractivity contribution is 6.32. The molecule has 2 aromatic rings. The first-order valence-corrected chi connectivity index (χ1v) is 8.51. The number of ketones is 1. The van der Waals surface area contributed by atoms with Crippen LogP contribution in [-0.4, -0.2) is 36.3 Å². The van der Waals surface area contributed by atoms with Gasteiger partial charge in [0.25, 0.3) is 5.91 Å². The molecular weight excluding hydrogens is 394 g/mol. The summed E-state index contributed by atoms with van der Waals surface area (Å²) in [5, 5.41) is 2.44. The number of halogens is 3. The molecule has 1 fully saturated rings. The minimum Gasteiger partial charge on any atom is -0.494 e. The molecule has 0 radical (unpaired) electrons. The topological polar surface area (TPSA) is 75.7 Å². The van der Waals surface area contributed by atoms with Gasteiger partial charge in [-0.1, -0.05) is 17.7 Å². The SMILES string of the molecule is COc1ccc(C(=O)CN2C(=O)NC(C)(c3ccc(F)cc3Cl)C2=O)cc1F. The van der Waals surface area contributed by atoms with E-state index in [1.807, 2.05) is 0 Å². The molecule has 3 amide bonds. The number of hydrogen-bond acceptors (Lipinski definition) is 4.